The van der Waals surface area contributed by atoms with Gasteiger partial charge in [-0.3, -0.25) is 4.79 Å². The maximum Gasteiger partial charge on any atom is 0.175 e. The molecule has 0 amide bonds. The number of rotatable bonds is 5. The molecule has 0 saturated heterocycles. The topological polar surface area (TPSA) is 54.5 Å². The fourth-order valence-corrected chi connectivity index (χ4v) is 4.39. The number of ketones is 1. The standard InChI is InChI=1S/C23H27NO3S/c1-15-6-7-18(12-16(15)2)22-21(13-19(23(22)25)14-24(3)4)17-8-10-20(11-9-17)28(5,26)27/h6-12,19H,13-14H2,1-5H3. The van der Waals surface area contributed by atoms with Gasteiger partial charge >= 0.3 is 0 Å². The van der Waals surface area contributed by atoms with Gasteiger partial charge < -0.3 is 4.90 Å². The third-order valence-electron chi connectivity index (χ3n) is 5.38. The number of carbonyl (C=O) groups is 1. The first-order valence-electron chi connectivity index (χ1n) is 9.38. The first-order chi connectivity index (χ1) is 13.1. The van der Waals surface area contributed by atoms with Crippen LogP contribution in [0.2, 0.25) is 0 Å². The van der Waals surface area contributed by atoms with E-state index < -0.39 is 9.84 Å². The molecule has 0 heterocycles. The van der Waals surface area contributed by atoms with E-state index in [1.807, 2.05) is 37.2 Å². The lowest BCUT2D eigenvalue weighted by atomic mass is 9.94. The molecule has 0 aliphatic heterocycles. The van der Waals surface area contributed by atoms with Gasteiger partial charge in [0.05, 0.1) is 4.90 Å². The van der Waals surface area contributed by atoms with Gasteiger partial charge in [-0.15, -0.1) is 0 Å². The van der Waals surface area contributed by atoms with Crippen molar-refractivity contribution in [1.29, 1.82) is 0 Å². The highest BCUT2D eigenvalue weighted by atomic mass is 32.2. The number of carbonyl (C=O) groups excluding carboxylic acids is 1. The molecule has 0 N–H and O–H groups in total. The molecule has 0 fully saturated rings. The molecule has 28 heavy (non-hydrogen) atoms. The fourth-order valence-electron chi connectivity index (χ4n) is 3.76. The van der Waals surface area contributed by atoms with Crippen molar-refractivity contribution in [3.8, 4) is 0 Å². The van der Waals surface area contributed by atoms with Gasteiger partial charge in [0.15, 0.2) is 15.6 Å². The van der Waals surface area contributed by atoms with Gasteiger partial charge in [0, 0.05) is 24.3 Å². The van der Waals surface area contributed by atoms with Crippen LogP contribution in [0.25, 0.3) is 11.1 Å². The molecule has 0 aromatic heterocycles. The quantitative estimate of drug-likeness (QED) is 0.771. The predicted octanol–water partition coefficient (Wildman–Crippen LogP) is 3.77. The molecule has 0 radical (unpaired) electrons. The van der Waals surface area contributed by atoms with Crippen LogP contribution in [0.5, 0.6) is 0 Å². The highest BCUT2D eigenvalue weighted by Gasteiger charge is 2.34. The summed E-state index contributed by atoms with van der Waals surface area (Å²) >= 11 is 0. The molecule has 2 aromatic rings. The van der Waals surface area contributed by atoms with E-state index in [9.17, 15) is 13.2 Å². The maximum atomic E-state index is 13.3. The number of benzene rings is 2. The molecule has 2 aromatic carbocycles. The molecule has 4 nitrogen and oxygen atoms in total. The van der Waals surface area contributed by atoms with E-state index >= 15 is 0 Å². The summed E-state index contributed by atoms with van der Waals surface area (Å²) in [7, 11) is 0.702. The van der Waals surface area contributed by atoms with Crippen molar-refractivity contribution in [2.45, 2.75) is 25.2 Å². The molecule has 1 aliphatic rings. The summed E-state index contributed by atoms with van der Waals surface area (Å²) in [5, 5.41) is 0. The van der Waals surface area contributed by atoms with Crippen LogP contribution in [0, 0.1) is 19.8 Å². The second-order valence-corrected chi connectivity index (χ2v) is 9.99. The van der Waals surface area contributed by atoms with E-state index in [1.165, 1.54) is 11.8 Å². The Morgan fingerprint density at radius 1 is 0.964 bits per heavy atom. The first-order valence-corrected chi connectivity index (χ1v) is 11.3. The van der Waals surface area contributed by atoms with Crippen LogP contribution in [0.4, 0.5) is 0 Å². The Balaban J connectivity index is 2.12. The zero-order valence-corrected chi connectivity index (χ0v) is 17.9. The normalized spacial score (nSPS) is 17.6. The number of hydrogen-bond acceptors (Lipinski definition) is 4. The Morgan fingerprint density at radius 2 is 1.57 bits per heavy atom. The number of hydrogen-bond donors (Lipinski definition) is 0. The minimum Gasteiger partial charge on any atom is -0.309 e. The van der Waals surface area contributed by atoms with Crippen LogP contribution in [0.15, 0.2) is 47.4 Å². The molecule has 5 heteroatoms. The summed E-state index contributed by atoms with van der Waals surface area (Å²) < 4.78 is 23.5. The summed E-state index contributed by atoms with van der Waals surface area (Å²) in [6.45, 7) is 4.80. The minimum absolute atomic E-state index is 0.0869. The maximum absolute atomic E-state index is 13.3. The van der Waals surface area contributed by atoms with Gasteiger partial charge in [0.25, 0.3) is 0 Å². The Hall–Kier alpha value is -2.24. The number of allylic oxidation sites excluding steroid dienone is 2. The van der Waals surface area contributed by atoms with Crippen LogP contribution in [0.3, 0.4) is 0 Å². The number of sulfone groups is 1. The van der Waals surface area contributed by atoms with E-state index in [0.29, 0.717) is 17.9 Å². The average Bonchev–Trinajstić information content (AvgIpc) is 2.93. The second-order valence-electron chi connectivity index (χ2n) is 7.98. The third kappa shape index (κ3) is 4.10. The van der Waals surface area contributed by atoms with E-state index in [-0.39, 0.29) is 11.7 Å². The van der Waals surface area contributed by atoms with Gasteiger partial charge in [-0.25, -0.2) is 8.42 Å². The van der Waals surface area contributed by atoms with E-state index in [2.05, 4.69) is 26.0 Å². The van der Waals surface area contributed by atoms with Gasteiger partial charge in [-0.2, -0.15) is 0 Å². The van der Waals surface area contributed by atoms with Crippen molar-refractivity contribution in [1.82, 2.24) is 4.90 Å². The fraction of sp³-hybridized carbons (Fsp3) is 0.348. The van der Waals surface area contributed by atoms with E-state index in [0.717, 1.165) is 27.8 Å². The molecular weight excluding hydrogens is 370 g/mol. The molecule has 0 spiro atoms. The molecule has 1 unspecified atom stereocenters. The zero-order valence-electron chi connectivity index (χ0n) is 17.1. The lowest BCUT2D eigenvalue weighted by molar-refractivity contribution is -0.117. The average molecular weight is 398 g/mol. The van der Waals surface area contributed by atoms with E-state index in [4.69, 9.17) is 0 Å². The number of Topliss-reactive ketones (excluding diaryl/α,β-unsaturated/α-hetero) is 1. The van der Waals surface area contributed by atoms with Crippen LogP contribution in [-0.4, -0.2) is 46.0 Å². The highest BCUT2D eigenvalue weighted by molar-refractivity contribution is 7.90. The third-order valence-corrected chi connectivity index (χ3v) is 6.51. The highest BCUT2D eigenvalue weighted by Crippen LogP contribution is 2.41. The molecule has 1 aliphatic carbocycles. The SMILES string of the molecule is Cc1ccc(C2=C(c3ccc(S(C)(=O)=O)cc3)CC(CN(C)C)C2=O)cc1C. The van der Waals surface area contributed by atoms with Crippen LogP contribution < -0.4 is 0 Å². The summed E-state index contributed by atoms with van der Waals surface area (Å²) in [5.74, 6) is 0.0790. The number of nitrogens with zero attached hydrogens (tertiary/aromatic N) is 1. The summed E-state index contributed by atoms with van der Waals surface area (Å²) in [4.78, 5) is 15.6. The van der Waals surface area contributed by atoms with E-state index in [1.54, 1.807) is 12.1 Å². The van der Waals surface area contributed by atoms with Crippen LogP contribution >= 0.6 is 0 Å². The van der Waals surface area contributed by atoms with Gasteiger partial charge in [0.2, 0.25) is 0 Å². The largest absolute Gasteiger partial charge is 0.309 e. The molecule has 0 bridgehead atoms. The minimum atomic E-state index is -3.25. The zero-order chi connectivity index (χ0) is 20.6. The van der Waals surface area contributed by atoms with Crippen molar-refractivity contribution in [3.63, 3.8) is 0 Å². The van der Waals surface area contributed by atoms with Crippen molar-refractivity contribution in [2.24, 2.45) is 5.92 Å². The van der Waals surface area contributed by atoms with Gasteiger partial charge in [-0.1, -0.05) is 30.3 Å². The van der Waals surface area contributed by atoms with Crippen molar-refractivity contribution in [3.05, 3.63) is 64.7 Å². The molecule has 0 saturated carbocycles. The van der Waals surface area contributed by atoms with Crippen molar-refractivity contribution >= 4 is 26.8 Å². The Labute approximate surface area is 167 Å². The smallest absolute Gasteiger partial charge is 0.175 e. The van der Waals surface area contributed by atoms with Gasteiger partial charge in [-0.05, 0) is 74.3 Å². The Kier molecular flexibility index (Phi) is 5.60. The second kappa shape index (κ2) is 7.64. The van der Waals surface area contributed by atoms with Gasteiger partial charge in [0.1, 0.15) is 0 Å². The lowest BCUT2D eigenvalue weighted by Gasteiger charge is -2.15. The molecular formula is C23H27NO3S. The molecule has 1 atom stereocenters. The van der Waals surface area contributed by atoms with Crippen LogP contribution in [0.1, 0.15) is 28.7 Å². The molecule has 148 valence electrons. The summed E-state index contributed by atoms with van der Waals surface area (Å²) in [5.41, 5.74) is 5.97. The summed E-state index contributed by atoms with van der Waals surface area (Å²) in [6, 6.07) is 13.0. The monoisotopic (exact) mass is 397 g/mol. The lowest BCUT2D eigenvalue weighted by Crippen LogP contribution is -2.25. The van der Waals surface area contributed by atoms with Crippen molar-refractivity contribution in [2.75, 3.05) is 26.9 Å². The molecule has 3 rings (SSSR count). The first kappa shape index (κ1) is 20.5. The van der Waals surface area contributed by atoms with Crippen molar-refractivity contribution < 1.29 is 13.2 Å². The Bertz CT molecular complexity index is 1050. The Morgan fingerprint density at radius 3 is 2.11 bits per heavy atom. The number of aryl methyl sites for hydroxylation is 2. The van der Waals surface area contributed by atoms with Crippen LogP contribution in [-0.2, 0) is 14.6 Å². The summed E-state index contributed by atoms with van der Waals surface area (Å²) in [6.07, 6.45) is 1.87. The predicted molar refractivity (Wildman–Crippen MR) is 114 cm³/mol.